The van der Waals surface area contributed by atoms with Crippen molar-refractivity contribution in [2.45, 2.75) is 43.8 Å². The van der Waals surface area contributed by atoms with Gasteiger partial charge in [-0.2, -0.15) is 0 Å². The Morgan fingerprint density at radius 3 is 1.83 bits per heavy atom. The molecule has 0 heterocycles. The molecule has 0 aromatic carbocycles. The number of aliphatic carboxylic acids is 2. The third kappa shape index (κ3) is 11.2. The molecule has 168 valence electrons. The van der Waals surface area contributed by atoms with Crippen LogP contribution in [0, 0.1) is 0 Å². The summed E-state index contributed by atoms with van der Waals surface area (Å²) in [5, 5.41) is 23.9. The van der Waals surface area contributed by atoms with E-state index >= 15 is 0 Å². The SMILES string of the molecule is NC(=O)CC(N)C(=O)NCC(=O)NC(CC(N)=O)C(=O)NC(CCC(=O)O)C(=O)O. The van der Waals surface area contributed by atoms with Gasteiger partial charge in [0.25, 0.3) is 0 Å². The summed E-state index contributed by atoms with van der Waals surface area (Å²) >= 11 is 0. The van der Waals surface area contributed by atoms with Crippen molar-refractivity contribution in [1.82, 2.24) is 16.0 Å². The second kappa shape index (κ2) is 12.7. The fourth-order valence-corrected chi connectivity index (χ4v) is 2.06. The molecule has 3 atom stereocenters. The molecule has 0 aromatic rings. The van der Waals surface area contributed by atoms with E-state index in [2.05, 4.69) is 10.6 Å². The standard InChI is InChI=1S/C15H24N6O9/c16-6(3-9(17)22)13(27)19-5-11(24)20-8(4-10(18)23)14(28)21-7(15(29)30)1-2-12(25)26/h6-8H,1-5,16H2,(H2,17,22)(H2,18,23)(H,19,27)(H,20,24)(H,21,28)(H,25,26)(H,29,30). The van der Waals surface area contributed by atoms with Crippen LogP contribution in [0.15, 0.2) is 0 Å². The van der Waals surface area contributed by atoms with E-state index in [1.807, 2.05) is 5.32 Å². The molecule has 0 aliphatic rings. The van der Waals surface area contributed by atoms with E-state index in [9.17, 15) is 33.6 Å². The van der Waals surface area contributed by atoms with Crippen LogP contribution in [0.2, 0.25) is 0 Å². The molecule has 0 aliphatic heterocycles. The summed E-state index contributed by atoms with van der Waals surface area (Å²) in [6.07, 6.45) is -2.16. The number of nitrogens with one attached hydrogen (secondary N) is 3. The van der Waals surface area contributed by atoms with Crippen molar-refractivity contribution < 1.29 is 43.8 Å². The second-order valence-corrected chi connectivity index (χ2v) is 6.12. The highest BCUT2D eigenvalue weighted by atomic mass is 16.4. The molecule has 5 amide bonds. The number of nitrogens with two attached hydrogens (primary N) is 3. The maximum atomic E-state index is 12.2. The van der Waals surface area contributed by atoms with Crippen molar-refractivity contribution in [3.8, 4) is 0 Å². The van der Waals surface area contributed by atoms with Gasteiger partial charge in [0.15, 0.2) is 0 Å². The minimum absolute atomic E-state index is 0.443. The van der Waals surface area contributed by atoms with Crippen LogP contribution >= 0.6 is 0 Å². The van der Waals surface area contributed by atoms with Gasteiger partial charge in [0.05, 0.1) is 25.4 Å². The molecule has 15 nitrogen and oxygen atoms in total. The predicted octanol–water partition coefficient (Wildman–Crippen LogP) is -4.90. The Kier molecular flexibility index (Phi) is 11.1. The highest BCUT2D eigenvalue weighted by Gasteiger charge is 2.28. The van der Waals surface area contributed by atoms with Crippen molar-refractivity contribution in [2.24, 2.45) is 17.2 Å². The number of amides is 5. The monoisotopic (exact) mass is 432 g/mol. The molecule has 0 fully saturated rings. The molecule has 0 saturated heterocycles. The van der Waals surface area contributed by atoms with Gasteiger partial charge in [-0.05, 0) is 6.42 Å². The minimum atomic E-state index is -1.59. The Hall–Kier alpha value is -3.75. The zero-order chi connectivity index (χ0) is 23.4. The summed E-state index contributed by atoms with van der Waals surface area (Å²) in [7, 11) is 0. The Bertz CT molecular complexity index is 711. The second-order valence-electron chi connectivity index (χ2n) is 6.12. The minimum Gasteiger partial charge on any atom is -0.481 e. The van der Waals surface area contributed by atoms with Crippen LogP contribution in [-0.2, 0) is 33.6 Å². The first kappa shape index (κ1) is 26.2. The number of primary amides is 2. The highest BCUT2D eigenvalue weighted by molar-refractivity contribution is 5.95. The lowest BCUT2D eigenvalue weighted by Crippen LogP contribution is -2.54. The summed E-state index contributed by atoms with van der Waals surface area (Å²) in [6.45, 7) is -0.685. The van der Waals surface area contributed by atoms with E-state index in [1.54, 1.807) is 0 Å². The Morgan fingerprint density at radius 1 is 0.800 bits per heavy atom. The van der Waals surface area contributed by atoms with Crippen molar-refractivity contribution in [1.29, 1.82) is 0 Å². The van der Waals surface area contributed by atoms with Crippen LogP contribution in [0.3, 0.4) is 0 Å². The normalized spacial score (nSPS) is 13.2. The molecule has 0 spiro atoms. The van der Waals surface area contributed by atoms with Crippen molar-refractivity contribution in [3.63, 3.8) is 0 Å². The molecule has 0 aliphatic carbocycles. The van der Waals surface area contributed by atoms with Crippen LogP contribution < -0.4 is 33.2 Å². The summed E-state index contributed by atoms with van der Waals surface area (Å²) in [5.41, 5.74) is 15.3. The largest absolute Gasteiger partial charge is 0.481 e. The smallest absolute Gasteiger partial charge is 0.326 e. The van der Waals surface area contributed by atoms with Crippen LogP contribution in [0.1, 0.15) is 25.7 Å². The number of carbonyl (C=O) groups is 7. The van der Waals surface area contributed by atoms with Gasteiger partial charge in [-0.3, -0.25) is 28.8 Å². The van der Waals surface area contributed by atoms with E-state index in [-0.39, 0.29) is 0 Å². The summed E-state index contributed by atoms with van der Waals surface area (Å²) in [6, 6.07) is -4.48. The fraction of sp³-hybridized carbons (Fsp3) is 0.533. The molecule has 3 unspecified atom stereocenters. The lowest BCUT2D eigenvalue weighted by Gasteiger charge is -2.20. The molecule has 30 heavy (non-hydrogen) atoms. The number of hydrogen-bond acceptors (Lipinski definition) is 8. The zero-order valence-corrected chi connectivity index (χ0v) is 15.8. The first-order valence-corrected chi connectivity index (χ1v) is 8.47. The quantitative estimate of drug-likeness (QED) is 0.129. The van der Waals surface area contributed by atoms with Crippen LogP contribution in [-0.4, -0.2) is 76.4 Å². The predicted molar refractivity (Wildman–Crippen MR) is 97.0 cm³/mol. The van der Waals surface area contributed by atoms with Gasteiger partial charge in [-0.25, -0.2) is 4.79 Å². The summed E-state index contributed by atoms with van der Waals surface area (Å²) in [5.74, 6) is -7.58. The molecular formula is C15H24N6O9. The van der Waals surface area contributed by atoms with Crippen LogP contribution in [0.25, 0.3) is 0 Å². The lowest BCUT2D eigenvalue weighted by atomic mass is 10.1. The van der Waals surface area contributed by atoms with E-state index in [0.29, 0.717) is 0 Å². The third-order valence-electron chi connectivity index (χ3n) is 3.50. The summed E-state index contributed by atoms with van der Waals surface area (Å²) < 4.78 is 0. The molecule has 0 bridgehead atoms. The first-order chi connectivity index (χ1) is 13.8. The van der Waals surface area contributed by atoms with Crippen LogP contribution in [0.5, 0.6) is 0 Å². The molecule has 11 N–H and O–H groups in total. The lowest BCUT2D eigenvalue weighted by molar-refractivity contribution is -0.143. The topological polar surface area (TPSA) is 274 Å². The fourth-order valence-electron chi connectivity index (χ4n) is 2.06. The van der Waals surface area contributed by atoms with Gasteiger partial charge in [0.2, 0.25) is 29.5 Å². The highest BCUT2D eigenvalue weighted by Crippen LogP contribution is 2.01. The zero-order valence-electron chi connectivity index (χ0n) is 15.8. The Labute approximate surface area is 169 Å². The molecule has 15 heteroatoms. The number of carboxylic acids is 2. The number of rotatable bonds is 14. The van der Waals surface area contributed by atoms with Gasteiger partial charge in [-0.15, -0.1) is 0 Å². The van der Waals surface area contributed by atoms with E-state index in [0.717, 1.165) is 0 Å². The third-order valence-corrected chi connectivity index (χ3v) is 3.50. The average molecular weight is 432 g/mol. The van der Waals surface area contributed by atoms with Crippen molar-refractivity contribution >= 4 is 41.5 Å². The van der Waals surface area contributed by atoms with Crippen molar-refractivity contribution in [3.05, 3.63) is 0 Å². The molecule has 0 radical (unpaired) electrons. The van der Waals surface area contributed by atoms with Gasteiger partial charge in [-0.1, -0.05) is 0 Å². The average Bonchev–Trinajstić information content (AvgIpc) is 2.60. The van der Waals surface area contributed by atoms with Gasteiger partial charge in [0, 0.05) is 6.42 Å². The number of hydrogen-bond donors (Lipinski definition) is 8. The Balaban J connectivity index is 4.94. The molecule has 0 saturated carbocycles. The van der Waals surface area contributed by atoms with E-state index in [1.165, 1.54) is 0 Å². The van der Waals surface area contributed by atoms with E-state index < -0.39 is 91.8 Å². The Morgan fingerprint density at radius 2 is 1.37 bits per heavy atom. The van der Waals surface area contributed by atoms with Crippen LogP contribution in [0.4, 0.5) is 0 Å². The van der Waals surface area contributed by atoms with E-state index in [4.69, 9.17) is 27.4 Å². The van der Waals surface area contributed by atoms with Crippen molar-refractivity contribution in [2.75, 3.05) is 6.54 Å². The summed E-state index contributed by atoms with van der Waals surface area (Å²) in [4.78, 5) is 79.4. The number of carbonyl (C=O) groups excluding carboxylic acids is 5. The molecular weight excluding hydrogens is 408 g/mol. The first-order valence-electron chi connectivity index (χ1n) is 8.47. The maximum Gasteiger partial charge on any atom is 0.326 e. The maximum absolute atomic E-state index is 12.2. The molecule has 0 rings (SSSR count). The molecule has 0 aromatic heterocycles. The van der Waals surface area contributed by atoms with Gasteiger partial charge < -0.3 is 43.4 Å². The number of carboxylic acid groups (broad SMARTS) is 2. The van der Waals surface area contributed by atoms with Gasteiger partial charge >= 0.3 is 11.9 Å². The van der Waals surface area contributed by atoms with Gasteiger partial charge in [0.1, 0.15) is 12.1 Å².